The van der Waals surface area contributed by atoms with E-state index in [9.17, 15) is 24.9 Å². The minimum absolute atomic E-state index is 0.402. The second-order valence-corrected chi connectivity index (χ2v) is 4.63. The molecule has 0 aliphatic heterocycles. The Morgan fingerprint density at radius 1 is 1.11 bits per heavy atom. The van der Waals surface area contributed by atoms with Gasteiger partial charge >= 0.3 is 0 Å². The Bertz CT molecular complexity index is 339. The van der Waals surface area contributed by atoms with Crippen LogP contribution in [0, 0.1) is 5.92 Å². The normalized spacial score (nSPS) is 20.3. The number of aliphatic hydroxyl groups is 5. The van der Waals surface area contributed by atoms with E-state index >= 15 is 0 Å². The van der Waals surface area contributed by atoms with E-state index in [1.807, 2.05) is 5.73 Å². The van der Waals surface area contributed by atoms with E-state index in [2.05, 4.69) is 0 Å². The lowest BCUT2D eigenvalue weighted by molar-refractivity contribution is -0.155. The highest BCUT2D eigenvalue weighted by atomic mass is 16.4. The van der Waals surface area contributed by atoms with Crippen molar-refractivity contribution in [2.45, 2.75) is 44.3 Å². The van der Waals surface area contributed by atoms with Gasteiger partial charge in [0.25, 0.3) is 0 Å². The molecule has 0 aliphatic rings. The molecule has 0 fully saturated rings. The molecule has 8 nitrogen and oxygen atoms in total. The van der Waals surface area contributed by atoms with Crippen molar-refractivity contribution in [3.05, 3.63) is 0 Å². The molecule has 0 saturated carbocycles. The fraction of sp³-hybridized carbons (Fsp3) is 0.818. The van der Waals surface area contributed by atoms with Crippen LogP contribution >= 0.6 is 0 Å². The number of aliphatic hydroxyl groups excluding tert-OH is 5. The van der Waals surface area contributed by atoms with Crippen LogP contribution in [0.2, 0.25) is 1.41 Å². The van der Waals surface area contributed by atoms with Crippen LogP contribution in [0.4, 0.5) is 0 Å². The fourth-order valence-electron chi connectivity index (χ4n) is 1.28. The number of ketones is 2. The second kappa shape index (κ2) is 7.63. The maximum absolute atomic E-state index is 11.7. The van der Waals surface area contributed by atoms with E-state index in [1.165, 1.54) is 0 Å². The summed E-state index contributed by atoms with van der Waals surface area (Å²) in [5, 5.41) is 46.1. The van der Waals surface area contributed by atoms with Gasteiger partial charge in [0.15, 0.2) is 0 Å². The van der Waals surface area contributed by atoms with Crippen LogP contribution in [0.15, 0.2) is 0 Å². The molecule has 0 saturated heterocycles. The maximum atomic E-state index is 11.7. The lowest BCUT2D eigenvalue weighted by atomic mass is 9.92. The first kappa shape index (κ1) is 16.2. The fourth-order valence-corrected chi connectivity index (χ4v) is 1.28. The van der Waals surface area contributed by atoms with Crippen LogP contribution in [-0.4, -0.2) is 74.2 Å². The number of carbonyl (C=O) groups is 2. The van der Waals surface area contributed by atoms with Gasteiger partial charge in [-0.25, -0.2) is 0 Å². The number of carbonyl (C=O) groups excluding carboxylic acids is 2. The summed E-state index contributed by atoms with van der Waals surface area (Å²) in [5.74, 6) is -2.91. The highest BCUT2D eigenvalue weighted by Crippen LogP contribution is 2.09. The quantitative estimate of drug-likeness (QED) is 0.237. The molecule has 0 unspecified atom stereocenters. The number of rotatable bonds is 9. The standard InChI is InChI=1S/C11H21NO7/c1-4(2)6(12)8(16)10(18)11(19)9(17)7(15)5(14)3-13/h4-7,9,11,13-15,17,19H,3,12H2,1-2H3/t5-,6+,7-,9+,11-/m1/s1/i/hD. The molecule has 0 rings (SSSR count). The van der Waals surface area contributed by atoms with Crippen LogP contribution in [0.5, 0.6) is 0 Å². The third kappa shape index (κ3) is 4.60. The highest BCUT2D eigenvalue weighted by molar-refractivity contribution is 6.40. The maximum Gasteiger partial charge on any atom is 0.231 e. The summed E-state index contributed by atoms with van der Waals surface area (Å²) in [6.45, 7) is 2.26. The Morgan fingerprint density at radius 2 is 1.63 bits per heavy atom. The Hall–Kier alpha value is -0.900. The molecule has 0 bridgehead atoms. The van der Waals surface area contributed by atoms with E-state index < -0.39 is 54.5 Å². The first-order chi connectivity index (χ1) is 9.18. The molecular formula is C11H21NO7. The zero-order chi connectivity index (χ0) is 16.0. The predicted molar refractivity (Wildman–Crippen MR) is 63.9 cm³/mol. The minimum atomic E-state index is -2.26. The summed E-state index contributed by atoms with van der Waals surface area (Å²) in [6.07, 6.45) is -8.15. The van der Waals surface area contributed by atoms with Gasteiger partial charge in [0.2, 0.25) is 11.6 Å². The van der Waals surface area contributed by atoms with Gasteiger partial charge in [-0.15, -0.1) is 0 Å². The van der Waals surface area contributed by atoms with E-state index in [0.29, 0.717) is 0 Å². The monoisotopic (exact) mass is 280 g/mol. The molecule has 0 radical (unpaired) electrons. The van der Waals surface area contributed by atoms with Gasteiger partial charge in [0, 0.05) is 0 Å². The third-order valence-corrected chi connectivity index (χ3v) is 2.72. The van der Waals surface area contributed by atoms with Gasteiger partial charge in [-0.05, 0) is 5.92 Å². The summed E-state index contributed by atoms with van der Waals surface area (Å²) in [4.78, 5) is 23.4. The average molecular weight is 280 g/mol. The number of hydrogen-bond donors (Lipinski definition) is 6. The Kier molecular flexibility index (Phi) is 6.49. The third-order valence-electron chi connectivity index (χ3n) is 2.72. The molecule has 0 amide bonds. The summed E-state index contributed by atoms with van der Waals surface area (Å²) in [5.41, 5.74) is 1.87. The first-order valence-corrected chi connectivity index (χ1v) is 5.77. The molecule has 112 valence electrons. The SMILES string of the molecule is [2H]N[C@H](C(=O)C(=O)[C@H](O)[C@@H](O)[C@H](O)[C@H](O)CO)C(C)C. The van der Waals surface area contributed by atoms with E-state index in [-0.39, 0.29) is 0 Å². The van der Waals surface area contributed by atoms with Crippen LogP contribution in [0.25, 0.3) is 0 Å². The zero-order valence-corrected chi connectivity index (χ0v) is 10.7. The Morgan fingerprint density at radius 3 is 2.00 bits per heavy atom. The molecule has 0 aromatic rings. The minimum Gasteiger partial charge on any atom is -0.394 e. The molecule has 0 aromatic carbocycles. The van der Waals surface area contributed by atoms with Crippen molar-refractivity contribution >= 4 is 11.6 Å². The van der Waals surface area contributed by atoms with Gasteiger partial charge < -0.3 is 31.3 Å². The van der Waals surface area contributed by atoms with Gasteiger partial charge in [-0.1, -0.05) is 13.8 Å². The van der Waals surface area contributed by atoms with Crippen LogP contribution in [-0.2, 0) is 9.59 Å². The molecule has 0 aromatic heterocycles. The lowest BCUT2D eigenvalue weighted by Crippen LogP contribution is -2.53. The zero-order valence-electron chi connectivity index (χ0n) is 11.7. The number of hydrogen-bond acceptors (Lipinski definition) is 8. The summed E-state index contributed by atoms with van der Waals surface area (Å²) in [6, 6.07) is -1.16. The molecular weight excluding hydrogens is 258 g/mol. The molecule has 0 spiro atoms. The Labute approximate surface area is 111 Å². The highest BCUT2D eigenvalue weighted by Gasteiger charge is 2.38. The van der Waals surface area contributed by atoms with Gasteiger partial charge in [-0.3, -0.25) is 9.59 Å². The van der Waals surface area contributed by atoms with Crippen molar-refractivity contribution in [3.8, 4) is 0 Å². The van der Waals surface area contributed by atoms with Gasteiger partial charge in [-0.2, -0.15) is 0 Å². The molecule has 7 N–H and O–H groups in total. The first-order valence-electron chi connectivity index (χ1n) is 6.27. The van der Waals surface area contributed by atoms with Crippen molar-refractivity contribution in [1.82, 2.24) is 0 Å². The van der Waals surface area contributed by atoms with Crippen molar-refractivity contribution in [1.29, 1.82) is 0 Å². The largest absolute Gasteiger partial charge is 0.394 e. The van der Waals surface area contributed by atoms with Crippen molar-refractivity contribution < 1.29 is 36.5 Å². The van der Waals surface area contributed by atoms with E-state index in [4.69, 9.17) is 11.6 Å². The summed E-state index contributed by atoms with van der Waals surface area (Å²) >= 11 is 0. The van der Waals surface area contributed by atoms with Crippen LogP contribution in [0.3, 0.4) is 0 Å². The topological polar surface area (TPSA) is 161 Å². The van der Waals surface area contributed by atoms with Crippen LogP contribution < -0.4 is 5.73 Å². The van der Waals surface area contributed by atoms with Crippen molar-refractivity contribution in [2.24, 2.45) is 11.6 Å². The van der Waals surface area contributed by atoms with Crippen molar-refractivity contribution in [2.75, 3.05) is 6.61 Å². The van der Waals surface area contributed by atoms with E-state index in [1.54, 1.807) is 13.8 Å². The molecule has 8 heteroatoms. The summed E-state index contributed by atoms with van der Waals surface area (Å²) < 4.78 is 6.96. The smallest absolute Gasteiger partial charge is 0.231 e. The number of nitrogens with two attached hydrogens (primary N) is 1. The molecule has 19 heavy (non-hydrogen) atoms. The lowest BCUT2D eigenvalue weighted by Gasteiger charge is -2.25. The average Bonchev–Trinajstić information content (AvgIpc) is 2.43. The Balaban J connectivity index is 4.88. The molecule has 5 atom stereocenters. The second-order valence-electron chi connectivity index (χ2n) is 4.63. The van der Waals surface area contributed by atoms with Crippen LogP contribution in [0.1, 0.15) is 13.8 Å². The van der Waals surface area contributed by atoms with E-state index in [0.717, 1.165) is 0 Å². The van der Waals surface area contributed by atoms with Gasteiger partial charge in [0.1, 0.15) is 25.8 Å². The van der Waals surface area contributed by atoms with Gasteiger partial charge in [0.05, 0.1) is 12.6 Å². The number of Topliss-reactive ketones (excluding diaryl/α,β-unsaturated/α-hetero) is 2. The molecule has 0 heterocycles. The van der Waals surface area contributed by atoms with Crippen molar-refractivity contribution in [3.63, 3.8) is 0 Å². The predicted octanol–water partition coefficient (Wildman–Crippen LogP) is -3.46. The molecule has 0 aliphatic carbocycles. The summed E-state index contributed by atoms with van der Waals surface area (Å²) in [7, 11) is 0.